The molecule has 0 aliphatic rings. The van der Waals surface area contributed by atoms with Crippen LogP contribution in [0.1, 0.15) is 23.7 Å². The molecule has 0 unspecified atom stereocenters. The van der Waals surface area contributed by atoms with Gasteiger partial charge in [0.1, 0.15) is 6.04 Å². The summed E-state index contributed by atoms with van der Waals surface area (Å²) >= 11 is 0. The fourth-order valence-electron chi connectivity index (χ4n) is 2.10. The molecule has 2 N–H and O–H groups in total. The number of hydrogen-bond acceptors (Lipinski definition) is 6. The number of carbonyl (C=O) groups is 4. The molecule has 1 aromatic carbocycles. The summed E-state index contributed by atoms with van der Waals surface area (Å²) in [6.45, 7) is 1.30. The molecular formula is C17H22N2O6. The molecule has 25 heavy (non-hydrogen) atoms. The summed E-state index contributed by atoms with van der Waals surface area (Å²) in [5, 5.41) is 4.92. The van der Waals surface area contributed by atoms with Crippen molar-refractivity contribution in [2.75, 3.05) is 20.8 Å². The third-order valence-corrected chi connectivity index (χ3v) is 3.50. The molecule has 0 saturated carbocycles. The molecule has 0 spiro atoms. The molecule has 0 saturated heterocycles. The molecule has 1 rings (SSSR count). The molecule has 1 aromatic rings. The molecule has 0 bridgehead atoms. The normalized spacial score (nSPS) is 12.4. The van der Waals surface area contributed by atoms with Crippen molar-refractivity contribution in [1.29, 1.82) is 0 Å². The number of esters is 2. The number of ether oxygens (including phenoxy) is 2. The molecule has 0 radical (unpaired) electrons. The highest BCUT2D eigenvalue weighted by molar-refractivity contribution is 5.96. The summed E-state index contributed by atoms with van der Waals surface area (Å²) in [5.74, 6) is -2.70. The SMILES string of the molecule is COC(=O)C[C@@H](C)[C@H](NC(=O)CNC(=O)c1ccccc1)C(=O)OC. The molecular weight excluding hydrogens is 328 g/mol. The van der Waals surface area contributed by atoms with Gasteiger partial charge in [0.25, 0.3) is 5.91 Å². The van der Waals surface area contributed by atoms with Gasteiger partial charge in [0, 0.05) is 5.56 Å². The zero-order valence-corrected chi connectivity index (χ0v) is 14.4. The van der Waals surface area contributed by atoms with E-state index in [0.717, 1.165) is 0 Å². The Balaban J connectivity index is 2.61. The topological polar surface area (TPSA) is 111 Å². The third kappa shape index (κ3) is 6.62. The van der Waals surface area contributed by atoms with Crippen LogP contribution in [0.2, 0.25) is 0 Å². The molecule has 0 aliphatic carbocycles. The molecule has 8 nitrogen and oxygen atoms in total. The van der Waals surface area contributed by atoms with Crippen molar-refractivity contribution in [3.8, 4) is 0 Å². The van der Waals surface area contributed by atoms with E-state index < -0.39 is 35.7 Å². The standard InChI is InChI=1S/C17H22N2O6/c1-11(9-14(21)24-2)15(17(23)25-3)19-13(20)10-18-16(22)12-7-5-4-6-8-12/h4-8,11,15H,9-10H2,1-3H3,(H,18,22)(H,19,20)/t11-,15+/m1/s1. The van der Waals surface area contributed by atoms with E-state index in [1.54, 1.807) is 37.3 Å². The van der Waals surface area contributed by atoms with E-state index in [2.05, 4.69) is 20.1 Å². The maximum Gasteiger partial charge on any atom is 0.328 e. The number of hydrogen-bond donors (Lipinski definition) is 2. The van der Waals surface area contributed by atoms with Gasteiger partial charge in [0.05, 0.1) is 27.2 Å². The number of methoxy groups -OCH3 is 2. The Morgan fingerprint density at radius 2 is 1.68 bits per heavy atom. The minimum absolute atomic E-state index is 0.0626. The van der Waals surface area contributed by atoms with Gasteiger partial charge in [-0.3, -0.25) is 14.4 Å². The van der Waals surface area contributed by atoms with Crippen LogP contribution in [-0.2, 0) is 23.9 Å². The van der Waals surface area contributed by atoms with Gasteiger partial charge in [-0.15, -0.1) is 0 Å². The number of rotatable bonds is 8. The molecule has 2 amide bonds. The van der Waals surface area contributed by atoms with Crippen molar-refractivity contribution in [3.05, 3.63) is 35.9 Å². The number of nitrogens with one attached hydrogen (secondary N) is 2. The monoisotopic (exact) mass is 350 g/mol. The van der Waals surface area contributed by atoms with Gasteiger partial charge in [-0.05, 0) is 18.1 Å². The molecule has 136 valence electrons. The smallest absolute Gasteiger partial charge is 0.328 e. The van der Waals surface area contributed by atoms with Gasteiger partial charge >= 0.3 is 11.9 Å². The summed E-state index contributed by atoms with van der Waals surface area (Å²) in [5.41, 5.74) is 0.416. The second-order valence-corrected chi connectivity index (χ2v) is 5.37. The Bertz CT molecular complexity index is 617. The Kier molecular flexibility index (Phi) is 8.11. The highest BCUT2D eigenvalue weighted by Crippen LogP contribution is 2.11. The summed E-state index contributed by atoms with van der Waals surface area (Å²) in [6.07, 6.45) is -0.0626. The van der Waals surface area contributed by atoms with Crippen LogP contribution >= 0.6 is 0 Å². The predicted octanol–water partition coefficient (Wildman–Crippen LogP) is 0.273. The van der Waals surface area contributed by atoms with Gasteiger partial charge in [-0.1, -0.05) is 25.1 Å². The van der Waals surface area contributed by atoms with Crippen molar-refractivity contribution in [3.63, 3.8) is 0 Å². The van der Waals surface area contributed by atoms with E-state index in [0.29, 0.717) is 5.56 Å². The minimum atomic E-state index is -1.02. The van der Waals surface area contributed by atoms with Gasteiger partial charge in [-0.2, -0.15) is 0 Å². The third-order valence-electron chi connectivity index (χ3n) is 3.50. The van der Waals surface area contributed by atoms with Crippen LogP contribution < -0.4 is 10.6 Å². The van der Waals surface area contributed by atoms with Crippen LogP contribution in [0, 0.1) is 5.92 Å². The van der Waals surface area contributed by atoms with E-state index >= 15 is 0 Å². The fraction of sp³-hybridized carbons (Fsp3) is 0.412. The van der Waals surface area contributed by atoms with Crippen molar-refractivity contribution >= 4 is 23.8 Å². The van der Waals surface area contributed by atoms with Crippen molar-refractivity contribution in [2.24, 2.45) is 5.92 Å². The first-order valence-corrected chi connectivity index (χ1v) is 7.66. The highest BCUT2D eigenvalue weighted by Gasteiger charge is 2.29. The lowest BCUT2D eigenvalue weighted by atomic mass is 9.98. The Morgan fingerprint density at radius 1 is 1.04 bits per heavy atom. The van der Waals surface area contributed by atoms with E-state index in [9.17, 15) is 19.2 Å². The van der Waals surface area contributed by atoms with Gasteiger partial charge < -0.3 is 20.1 Å². The molecule has 8 heteroatoms. The Morgan fingerprint density at radius 3 is 2.24 bits per heavy atom. The van der Waals surface area contributed by atoms with Crippen molar-refractivity contribution in [2.45, 2.75) is 19.4 Å². The van der Waals surface area contributed by atoms with Gasteiger partial charge in [-0.25, -0.2) is 4.79 Å². The highest BCUT2D eigenvalue weighted by atomic mass is 16.5. The predicted molar refractivity (Wildman–Crippen MR) is 88.5 cm³/mol. The largest absolute Gasteiger partial charge is 0.469 e. The molecule has 0 aromatic heterocycles. The summed E-state index contributed by atoms with van der Waals surface area (Å²) in [7, 11) is 2.42. The van der Waals surface area contributed by atoms with Crippen LogP contribution in [0.25, 0.3) is 0 Å². The zero-order chi connectivity index (χ0) is 18.8. The summed E-state index contributed by atoms with van der Waals surface area (Å²) in [6, 6.07) is 7.39. The average Bonchev–Trinajstić information content (AvgIpc) is 2.63. The van der Waals surface area contributed by atoms with Crippen LogP contribution in [0.3, 0.4) is 0 Å². The second-order valence-electron chi connectivity index (χ2n) is 5.37. The lowest BCUT2D eigenvalue weighted by Gasteiger charge is -2.22. The van der Waals surface area contributed by atoms with E-state index in [4.69, 9.17) is 0 Å². The fourth-order valence-corrected chi connectivity index (χ4v) is 2.10. The maximum atomic E-state index is 12.0. The number of benzene rings is 1. The number of carbonyl (C=O) groups excluding carboxylic acids is 4. The first kappa shape index (κ1) is 20.1. The summed E-state index contributed by atoms with van der Waals surface area (Å²) < 4.78 is 9.21. The molecule has 2 atom stereocenters. The van der Waals surface area contributed by atoms with Crippen LogP contribution in [0.4, 0.5) is 0 Å². The van der Waals surface area contributed by atoms with Crippen LogP contribution in [0.15, 0.2) is 30.3 Å². The van der Waals surface area contributed by atoms with E-state index in [-0.39, 0.29) is 13.0 Å². The molecule has 0 aliphatic heterocycles. The van der Waals surface area contributed by atoms with Crippen LogP contribution in [0.5, 0.6) is 0 Å². The first-order chi connectivity index (χ1) is 11.9. The summed E-state index contributed by atoms with van der Waals surface area (Å²) in [4.78, 5) is 47.1. The second kappa shape index (κ2) is 10.1. The average molecular weight is 350 g/mol. The lowest BCUT2D eigenvalue weighted by molar-refractivity contribution is -0.148. The van der Waals surface area contributed by atoms with Gasteiger partial charge in [0.2, 0.25) is 5.91 Å². The van der Waals surface area contributed by atoms with Crippen LogP contribution in [-0.4, -0.2) is 50.6 Å². The van der Waals surface area contributed by atoms with Crippen molar-refractivity contribution in [1.82, 2.24) is 10.6 Å². The number of amides is 2. The quantitative estimate of drug-likeness (QED) is 0.651. The van der Waals surface area contributed by atoms with E-state index in [1.165, 1.54) is 14.2 Å². The molecule has 0 heterocycles. The Labute approximate surface area is 145 Å². The first-order valence-electron chi connectivity index (χ1n) is 7.66. The van der Waals surface area contributed by atoms with E-state index in [1.807, 2.05) is 0 Å². The molecule has 0 fully saturated rings. The maximum absolute atomic E-state index is 12.0. The minimum Gasteiger partial charge on any atom is -0.469 e. The van der Waals surface area contributed by atoms with Crippen molar-refractivity contribution < 1.29 is 28.7 Å². The lowest BCUT2D eigenvalue weighted by Crippen LogP contribution is -2.49. The Hall–Kier alpha value is -2.90. The zero-order valence-electron chi connectivity index (χ0n) is 14.4. The van der Waals surface area contributed by atoms with Gasteiger partial charge in [0.15, 0.2) is 0 Å².